The number of aryl methyl sites for hydroxylation is 1. The Labute approximate surface area is 155 Å². The molecule has 0 aliphatic carbocycles. The summed E-state index contributed by atoms with van der Waals surface area (Å²) < 4.78 is 0. The van der Waals surface area contributed by atoms with Gasteiger partial charge in [-0.15, -0.1) is 0 Å². The molecule has 0 saturated carbocycles. The van der Waals surface area contributed by atoms with E-state index in [1.807, 2.05) is 6.07 Å². The summed E-state index contributed by atoms with van der Waals surface area (Å²) in [5.74, 6) is -1.57. The molecule has 140 valence electrons. The molecule has 25 heavy (non-hydrogen) atoms. The SMILES string of the molecule is CC(C(=O)O)C(CCCCCCCc1ccccc1)SCCC(=O)O. The fourth-order valence-corrected chi connectivity index (χ4v) is 4.12. The van der Waals surface area contributed by atoms with Crippen molar-refractivity contribution in [1.82, 2.24) is 0 Å². The highest BCUT2D eigenvalue weighted by atomic mass is 32.2. The first-order valence-electron chi connectivity index (χ1n) is 9.11. The number of carboxylic acids is 2. The van der Waals surface area contributed by atoms with Crippen LogP contribution >= 0.6 is 11.8 Å². The predicted octanol–water partition coefficient (Wildman–Crippen LogP) is 4.87. The third kappa shape index (κ3) is 10.2. The van der Waals surface area contributed by atoms with Crippen molar-refractivity contribution >= 4 is 23.7 Å². The minimum atomic E-state index is -0.826. The molecule has 1 aromatic carbocycles. The van der Waals surface area contributed by atoms with E-state index in [9.17, 15) is 14.7 Å². The molecular weight excluding hydrogens is 336 g/mol. The van der Waals surface area contributed by atoms with Crippen LogP contribution in [-0.2, 0) is 16.0 Å². The Hall–Kier alpha value is -1.49. The van der Waals surface area contributed by atoms with Crippen LogP contribution in [-0.4, -0.2) is 33.2 Å². The lowest BCUT2D eigenvalue weighted by Crippen LogP contribution is -2.23. The lowest BCUT2D eigenvalue weighted by atomic mass is 10.0. The van der Waals surface area contributed by atoms with Gasteiger partial charge in [-0.3, -0.25) is 9.59 Å². The van der Waals surface area contributed by atoms with Gasteiger partial charge in [-0.1, -0.05) is 62.9 Å². The van der Waals surface area contributed by atoms with Crippen LogP contribution < -0.4 is 0 Å². The molecule has 1 aromatic rings. The Kier molecular flexibility index (Phi) is 11.0. The molecule has 2 unspecified atom stereocenters. The largest absolute Gasteiger partial charge is 0.481 e. The van der Waals surface area contributed by atoms with Crippen LogP contribution in [0, 0.1) is 5.92 Å². The Balaban J connectivity index is 2.17. The molecule has 4 nitrogen and oxygen atoms in total. The molecule has 0 aromatic heterocycles. The molecule has 0 heterocycles. The molecule has 0 spiro atoms. The number of benzene rings is 1. The first kappa shape index (κ1) is 21.6. The highest BCUT2D eigenvalue weighted by Crippen LogP contribution is 2.26. The fraction of sp³-hybridized carbons (Fsp3) is 0.600. The fourth-order valence-electron chi connectivity index (χ4n) is 2.78. The van der Waals surface area contributed by atoms with Crippen LogP contribution in [0.4, 0.5) is 0 Å². The number of hydrogen-bond acceptors (Lipinski definition) is 3. The van der Waals surface area contributed by atoms with Crippen LogP contribution in [0.5, 0.6) is 0 Å². The summed E-state index contributed by atoms with van der Waals surface area (Å²) in [6.45, 7) is 1.72. The highest BCUT2D eigenvalue weighted by Gasteiger charge is 2.23. The van der Waals surface area contributed by atoms with E-state index < -0.39 is 17.9 Å². The zero-order valence-corrected chi connectivity index (χ0v) is 15.8. The summed E-state index contributed by atoms with van der Waals surface area (Å²) in [6, 6.07) is 10.5. The van der Waals surface area contributed by atoms with Crippen molar-refractivity contribution < 1.29 is 19.8 Å². The van der Waals surface area contributed by atoms with E-state index in [2.05, 4.69) is 24.3 Å². The summed E-state index contributed by atoms with van der Waals surface area (Å²) in [7, 11) is 0. The van der Waals surface area contributed by atoms with Crippen molar-refractivity contribution in [3.05, 3.63) is 35.9 Å². The van der Waals surface area contributed by atoms with Gasteiger partial charge < -0.3 is 10.2 Å². The second kappa shape index (κ2) is 12.8. The van der Waals surface area contributed by atoms with Gasteiger partial charge in [0.2, 0.25) is 0 Å². The van der Waals surface area contributed by atoms with E-state index in [-0.39, 0.29) is 11.7 Å². The van der Waals surface area contributed by atoms with Crippen LogP contribution in [0.15, 0.2) is 30.3 Å². The van der Waals surface area contributed by atoms with Crippen LogP contribution in [0.25, 0.3) is 0 Å². The molecule has 0 aliphatic rings. The molecule has 5 heteroatoms. The normalized spacial score (nSPS) is 13.3. The summed E-state index contributed by atoms with van der Waals surface area (Å²) in [5.41, 5.74) is 1.38. The van der Waals surface area contributed by atoms with Gasteiger partial charge in [-0.05, 0) is 24.8 Å². The number of hydrogen-bond donors (Lipinski definition) is 2. The van der Waals surface area contributed by atoms with E-state index >= 15 is 0 Å². The van der Waals surface area contributed by atoms with Crippen LogP contribution in [0.3, 0.4) is 0 Å². The van der Waals surface area contributed by atoms with E-state index in [1.54, 1.807) is 6.92 Å². The molecular formula is C20H30O4S. The first-order chi connectivity index (χ1) is 12.0. The highest BCUT2D eigenvalue weighted by molar-refractivity contribution is 7.99. The molecule has 2 N–H and O–H groups in total. The molecule has 0 amide bonds. The zero-order chi connectivity index (χ0) is 18.5. The molecule has 2 atom stereocenters. The molecule has 0 saturated heterocycles. The predicted molar refractivity (Wildman–Crippen MR) is 103 cm³/mol. The van der Waals surface area contributed by atoms with Gasteiger partial charge in [-0.2, -0.15) is 11.8 Å². The van der Waals surface area contributed by atoms with E-state index in [1.165, 1.54) is 36.6 Å². The summed E-state index contributed by atoms with van der Waals surface area (Å²) >= 11 is 1.49. The van der Waals surface area contributed by atoms with Crippen LogP contribution in [0.2, 0.25) is 0 Å². The second-order valence-corrected chi connectivity index (χ2v) is 7.82. The third-order valence-electron chi connectivity index (χ3n) is 4.39. The molecule has 0 bridgehead atoms. The second-order valence-electron chi connectivity index (χ2n) is 6.47. The maximum atomic E-state index is 11.2. The minimum Gasteiger partial charge on any atom is -0.481 e. The van der Waals surface area contributed by atoms with E-state index in [0.29, 0.717) is 5.75 Å². The quantitative estimate of drug-likeness (QED) is 0.460. The Bertz CT molecular complexity index is 504. The van der Waals surface area contributed by atoms with Gasteiger partial charge in [0.1, 0.15) is 0 Å². The van der Waals surface area contributed by atoms with Gasteiger partial charge in [0, 0.05) is 11.0 Å². The van der Waals surface area contributed by atoms with Gasteiger partial charge in [0.25, 0.3) is 0 Å². The van der Waals surface area contributed by atoms with E-state index in [0.717, 1.165) is 25.7 Å². The minimum absolute atomic E-state index is 0.00108. The average Bonchev–Trinajstić information content (AvgIpc) is 2.59. The topological polar surface area (TPSA) is 74.6 Å². The van der Waals surface area contributed by atoms with E-state index in [4.69, 9.17) is 5.11 Å². The van der Waals surface area contributed by atoms with Crippen molar-refractivity contribution in [2.75, 3.05) is 5.75 Å². The average molecular weight is 367 g/mol. The standard InChI is InChI=1S/C20H30O4S/c1-16(20(23)24)18(25-15-14-19(21)22)13-9-4-2-3-6-10-17-11-7-5-8-12-17/h5,7-8,11-12,16,18H,2-4,6,9-10,13-15H2,1H3,(H,21,22)(H,23,24). The Morgan fingerprint density at radius 3 is 2.28 bits per heavy atom. The van der Waals surface area contributed by atoms with Crippen LogP contribution in [0.1, 0.15) is 57.4 Å². The summed E-state index contributed by atoms with van der Waals surface area (Å²) in [5, 5.41) is 17.9. The Morgan fingerprint density at radius 1 is 1.00 bits per heavy atom. The summed E-state index contributed by atoms with van der Waals surface area (Å²) in [6.07, 6.45) is 7.71. The van der Waals surface area contributed by atoms with Crippen molar-refractivity contribution in [3.63, 3.8) is 0 Å². The van der Waals surface area contributed by atoms with Crippen molar-refractivity contribution in [2.24, 2.45) is 5.92 Å². The van der Waals surface area contributed by atoms with Gasteiger partial charge >= 0.3 is 11.9 Å². The lowest BCUT2D eigenvalue weighted by molar-refractivity contribution is -0.141. The number of carbonyl (C=O) groups is 2. The number of rotatable bonds is 14. The van der Waals surface area contributed by atoms with Gasteiger partial charge in [0.15, 0.2) is 0 Å². The molecule has 0 aliphatic heterocycles. The smallest absolute Gasteiger partial charge is 0.307 e. The number of thioether (sulfide) groups is 1. The molecule has 0 radical (unpaired) electrons. The lowest BCUT2D eigenvalue weighted by Gasteiger charge is -2.20. The van der Waals surface area contributed by atoms with Gasteiger partial charge in [-0.25, -0.2) is 0 Å². The number of aliphatic carboxylic acids is 2. The maximum absolute atomic E-state index is 11.2. The number of carboxylic acid groups (broad SMARTS) is 2. The number of unbranched alkanes of at least 4 members (excludes halogenated alkanes) is 4. The van der Waals surface area contributed by atoms with Crippen molar-refractivity contribution in [3.8, 4) is 0 Å². The van der Waals surface area contributed by atoms with Crippen molar-refractivity contribution in [1.29, 1.82) is 0 Å². The Morgan fingerprint density at radius 2 is 1.64 bits per heavy atom. The monoisotopic (exact) mass is 366 g/mol. The zero-order valence-electron chi connectivity index (χ0n) is 15.0. The van der Waals surface area contributed by atoms with Gasteiger partial charge in [0.05, 0.1) is 12.3 Å². The maximum Gasteiger partial charge on any atom is 0.307 e. The molecule has 0 fully saturated rings. The summed E-state index contributed by atoms with van der Waals surface area (Å²) in [4.78, 5) is 21.8. The molecule has 1 rings (SSSR count). The first-order valence-corrected chi connectivity index (χ1v) is 10.2. The third-order valence-corrected chi connectivity index (χ3v) is 5.90. The van der Waals surface area contributed by atoms with Crippen molar-refractivity contribution in [2.45, 2.75) is 63.5 Å².